The van der Waals surface area contributed by atoms with Crippen LogP contribution in [0.25, 0.3) is 0 Å². The van der Waals surface area contributed by atoms with Gasteiger partial charge >= 0.3 is 12.2 Å². The molecule has 11 heteroatoms. The van der Waals surface area contributed by atoms with Crippen LogP contribution in [0.1, 0.15) is 25.7 Å². The molecule has 1 aliphatic carbocycles. The quantitative estimate of drug-likeness (QED) is 0.654. The Labute approximate surface area is 162 Å². The van der Waals surface area contributed by atoms with E-state index in [1.807, 2.05) is 0 Å². The normalized spacial score (nSPS) is 24.6. The Hall–Kier alpha value is -2.49. The molecule has 1 aliphatic heterocycles. The molecule has 3 N–H and O–H groups in total. The number of carbonyl (C=O) groups excluding carboxylic acids is 3. The van der Waals surface area contributed by atoms with Crippen LogP contribution in [0, 0.1) is 5.92 Å². The molecule has 1 saturated carbocycles. The van der Waals surface area contributed by atoms with Gasteiger partial charge in [-0.2, -0.15) is 13.2 Å². The fraction of sp³-hybridized carbons (Fsp3) is 0.471. The van der Waals surface area contributed by atoms with Crippen molar-refractivity contribution in [3.63, 3.8) is 0 Å². The van der Waals surface area contributed by atoms with Gasteiger partial charge in [-0.05, 0) is 43.9 Å². The third-order valence-electron chi connectivity index (χ3n) is 4.82. The molecule has 2 fully saturated rings. The van der Waals surface area contributed by atoms with Gasteiger partial charge in [0, 0.05) is 10.9 Å². The summed E-state index contributed by atoms with van der Waals surface area (Å²) in [4.78, 5) is 35.9. The Balaban J connectivity index is 1.64. The largest absolute Gasteiger partial charge is 0.482 e. The maximum absolute atomic E-state index is 12.6. The highest BCUT2D eigenvalue weighted by Gasteiger charge is 2.48. The van der Waals surface area contributed by atoms with Gasteiger partial charge in [0.2, 0.25) is 5.91 Å². The van der Waals surface area contributed by atoms with Gasteiger partial charge in [0.25, 0.3) is 5.91 Å². The van der Waals surface area contributed by atoms with Crippen LogP contribution in [0.2, 0.25) is 5.02 Å². The minimum absolute atomic E-state index is 0.0361. The van der Waals surface area contributed by atoms with Crippen LogP contribution in [0.15, 0.2) is 18.2 Å². The number of hydrogen-bond donors (Lipinski definition) is 3. The monoisotopic (exact) mass is 419 g/mol. The molecule has 28 heavy (non-hydrogen) atoms. The molecule has 1 aromatic carbocycles. The van der Waals surface area contributed by atoms with Gasteiger partial charge in [-0.15, -0.1) is 0 Å². The van der Waals surface area contributed by atoms with Crippen molar-refractivity contribution in [2.75, 3.05) is 11.9 Å². The number of nitrogens with one attached hydrogen (secondary N) is 3. The summed E-state index contributed by atoms with van der Waals surface area (Å²) in [6.07, 6.45) is -3.28. The number of amides is 4. The van der Waals surface area contributed by atoms with Gasteiger partial charge in [-0.25, -0.2) is 4.79 Å². The van der Waals surface area contributed by atoms with Gasteiger partial charge in [0.15, 0.2) is 6.61 Å². The summed E-state index contributed by atoms with van der Waals surface area (Å²) in [7, 11) is 0. The van der Waals surface area contributed by atoms with Crippen molar-refractivity contribution >= 4 is 35.1 Å². The number of rotatable bonds is 4. The van der Waals surface area contributed by atoms with Crippen LogP contribution in [-0.4, -0.2) is 36.2 Å². The molecule has 152 valence electrons. The van der Waals surface area contributed by atoms with Crippen LogP contribution in [0.5, 0.6) is 5.75 Å². The zero-order chi connectivity index (χ0) is 20.5. The van der Waals surface area contributed by atoms with Crippen molar-refractivity contribution < 1.29 is 32.3 Å². The molecule has 0 radical (unpaired) electrons. The second-order valence-corrected chi connectivity index (χ2v) is 7.23. The summed E-state index contributed by atoms with van der Waals surface area (Å²) in [5.74, 6) is -1.44. The van der Waals surface area contributed by atoms with E-state index in [1.165, 1.54) is 18.2 Å². The number of hydrogen-bond acceptors (Lipinski definition) is 4. The number of urea groups is 1. The molecular formula is C17H17ClF3N3O4. The lowest BCUT2D eigenvalue weighted by Crippen LogP contribution is -2.50. The third-order valence-corrected chi connectivity index (χ3v) is 5.05. The van der Waals surface area contributed by atoms with E-state index in [4.69, 9.17) is 16.3 Å². The second-order valence-electron chi connectivity index (χ2n) is 6.80. The van der Waals surface area contributed by atoms with Crippen LogP contribution < -0.4 is 20.7 Å². The van der Waals surface area contributed by atoms with Crippen molar-refractivity contribution in [3.8, 4) is 5.75 Å². The number of imide groups is 1. The predicted octanol–water partition coefficient (Wildman–Crippen LogP) is 2.99. The summed E-state index contributed by atoms with van der Waals surface area (Å²) in [5.41, 5.74) is -0.959. The fourth-order valence-corrected chi connectivity index (χ4v) is 3.55. The fourth-order valence-electron chi connectivity index (χ4n) is 3.37. The first-order valence-electron chi connectivity index (χ1n) is 8.51. The van der Waals surface area contributed by atoms with Crippen molar-refractivity contribution in [2.24, 2.45) is 5.92 Å². The van der Waals surface area contributed by atoms with E-state index in [1.54, 1.807) is 0 Å². The van der Waals surface area contributed by atoms with Crippen molar-refractivity contribution in [3.05, 3.63) is 23.2 Å². The highest BCUT2D eigenvalue weighted by molar-refractivity contribution is 6.31. The average Bonchev–Trinajstić information content (AvgIpc) is 2.87. The Bertz CT molecular complexity index is 807. The molecule has 1 heterocycles. The summed E-state index contributed by atoms with van der Waals surface area (Å²) in [5, 5.41) is 7.57. The Kier molecular flexibility index (Phi) is 5.42. The zero-order valence-corrected chi connectivity index (χ0v) is 15.2. The lowest BCUT2D eigenvalue weighted by molar-refractivity contribution is -0.153. The molecule has 1 saturated heterocycles. The van der Waals surface area contributed by atoms with E-state index in [0.717, 1.165) is 0 Å². The molecule has 0 bridgehead atoms. The molecule has 7 nitrogen and oxygen atoms in total. The number of ether oxygens (including phenoxy) is 1. The van der Waals surface area contributed by atoms with Gasteiger partial charge in [-0.1, -0.05) is 11.6 Å². The summed E-state index contributed by atoms with van der Waals surface area (Å²) >= 11 is 5.87. The molecule has 0 atom stereocenters. The van der Waals surface area contributed by atoms with E-state index in [-0.39, 0.29) is 29.3 Å². The highest BCUT2D eigenvalue weighted by Crippen LogP contribution is 2.36. The average molecular weight is 420 g/mol. The third kappa shape index (κ3) is 4.49. The first-order valence-corrected chi connectivity index (χ1v) is 8.89. The molecule has 0 aromatic heterocycles. The highest BCUT2D eigenvalue weighted by atomic mass is 35.5. The minimum atomic E-state index is -4.52. The van der Waals surface area contributed by atoms with Gasteiger partial charge in [0.1, 0.15) is 11.3 Å². The van der Waals surface area contributed by atoms with E-state index in [0.29, 0.717) is 12.8 Å². The Morgan fingerprint density at radius 2 is 1.96 bits per heavy atom. The second kappa shape index (κ2) is 7.50. The maximum Gasteiger partial charge on any atom is 0.422 e. The summed E-state index contributed by atoms with van der Waals surface area (Å²) < 4.78 is 42.0. The molecule has 0 unspecified atom stereocenters. The smallest absolute Gasteiger partial charge is 0.422 e. The van der Waals surface area contributed by atoms with Crippen LogP contribution in [0.3, 0.4) is 0 Å². The Morgan fingerprint density at radius 1 is 1.29 bits per heavy atom. The number of carbonyl (C=O) groups is 3. The van der Waals surface area contributed by atoms with Crippen LogP contribution >= 0.6 is 11.6 Å². The zero-order valence-electron chi connectivity index (χ0n) is 14.5. The van der Waals surface area contributed by atoms with Gasteiger partial charge in [-0.3, -0.25) is 14.9 Å². The number of alkyl halides is 3. The van der Waals surface area contributed by atoms with Gasteiger partial charge < -0.3 is 15.4 Å². The van der Waals surface area contributed by atoms with Gasteiger partial charge in [0.05, 0.1) is 5.69 Å². The lowest BCUT2D eigenvalue weighted by Gasteiger charge is -2.33. The van der Waals surface area contributed by atoms with Crippen molar-refractivity contribution in [1.29, 1.82) is 0 Å². The minimum Gasteiger partial charge on any atom is -0.482 e. The summed E-state index contributed by atoms with van der Waals surface area (Å²) in [6, 6.07) is 3.35. The Morgan fingerprint density at radius 3 is 2.54 bits per heavy atom. The molecular weight excluding hydrogens is 403 g/mol. The molecule has 1 aromatic rings. The van der Waals surface area contributed by atoms with E-state index in [2.05, 4.69) is 16.0 Å². The van der Waals surface area contributed by atoms with E-state index in [9.17, 15) is 27.6 Å². The molecule has 4 amide bonds. The maximum atomic E-state index is 12.6. The molecule has 2 aliphatic rings. The lowest BCUT2D eigenvalue weighted by atomic mass is 9.76. The molecule has 1 spiro atoms. The summed E-state index contributed by atoms with van der Waals surface area (Å²) in [6.45, 7) is -1.50. The number of benzene rings is 1. The first-order chi connectivity index (χ1) is 13.1. The van der Waals surface area contributed by atoms with E-state index < -0.39 is 42.1 Å². The van der Waals surface area contributed by atoms with Crippen LogP contribution in [0.4, 0.5) is 23.7 Å². The standard InChI is InChI=1S/C17H17ClF3N3O4/c18-10-1-2-12(28-8-17(19,20)21)11(7-10)22-13(25)9-3-5-16(6-4-9)14(26)23-15(27)24-16/h1-2,7,9H,3-6,8H2,(H,22,25)(H2,23,24,26,27). The number of halogens is 4. The topological polar surface area (TPSA) is 96.5 Å². The van der Waals surface area contributed by atoms with E-state index >= 15 is 0 Å². The first kappa shape index (κ1) is 20.2. The SMILES string of the molecule is O=C1NC(=O)C2(CCC(C(=O)Nc3cc(Cl)ccc3OCC(F)(F)F)CC2)N1. The van der Waals surface area contributed by atoms with Crippen molar-refractivity contribution in [2.45, 2.75) is 37.4 Å². The van der Waals surface area contributed by atoms with Crippen molar-refractivity contribution in [1.82, 2.24) is 10.6 Å². The van der Waals surface area contributed by atoms with Crippen LogP contribution in [-0.2, 0) is 9.59 Å². The number of anilines is 1. The molecule has 3 rings (SSSR count). The predicted molar refractivity (Wildman–Crippen MR) is 93.0 cm³/mol.